The fraction of sp³-hybridized carbons (Fsp3) is 0.938. The number of cyclic esters (lactones) is 1. The first-order valence-corrected chi connectivity index (χ1v) is 7.73. The van der Waals surface area contributed by atoms with Gasteiger partial charge in [-0.05, 0) is 30.6 Å². The van der Waals surface area contributed by atoms with E-state index in [0.29, 0.717) is 24.2 Å². The standard InChI is InChI=1S/C16H30O4/c1-10-6-7-14(18)20-16(10)12(3)8-11(2)15(19-5)13(4)9-17/h10-13,15-17H,6-9H2,1-5H3/t10-,11+,12+,13+,15-,16+/m1/s1. The molecule has 0 saturated carbocycles. The summed E-state index contributed by atoms with van der Waals surface area (Å²) in [4.78, 5) is 11.5. The lowest BCUT2D eigenvalue weighted by molar-refractivity contribution is -0.162. The molecule has 1 saturated heterocycles. The molecule has 118 valence electrons. The minimum Gasteiger partial charge on any atom is -0.462 e. The van der Waals surface area contributed by atoms with Crippen molar-refractivity contribution in [1.82, 2.24) is 0 Å². The second kappa shape index (κ2) is 7.99. The molecule has 1 aliphatic rings. The third-order valence-electron chi connectivity index (χ3n) is 4.62. The maximum absolute atomic E-state index is 11.5. The van der Waals surface area contributed by atoms with Crippen LogP contribution in [0.3, 0.4) is 0 Å². The predicted molar refractivity (Wildman–Crippen MR) is 78.3 cm³/mol. The molecule has 0 spiro atoms. The Labute approximate surface area is 122 Å². The Morgan fingerprint density at radius 3 is 2.55 bits per heavy atom. The molecular weight excluding hydrogens is 256 g/mol. The van der Waals surface area contributed by atoms with Crippen molar-refractivity contribution in [2.45, 2.75) is 59.2 Å². The Kier molecular flexibility index (Phi) is 6.96. The number of esters is 1. The van der Waals surface area contributed by atoms with Crippen LogP contribution in [0.25, 0.3) is 0 Å². The van der Waals surface area contributed by atoms with Gasteiger partial charge in [0.05, 0.1) is 6.10 Å². The molecule has 20 heavy (non-hydrogen) atoms. The molecular formula is C16H30O4. The lowest BCUT2D eigenvalue weighted by Crippen LogP contribution is -2.38. The molecule has 0 radical (unpaired) electrons. The summed E-state index contributed by atoms with van der Waals surface area (Å²) in [6.45, 7) is 8.58. The quantitative estimate of drug-likeness (QED) is 0.731. The zero-order valence-electron chi connectivity index (χ0n) is 13.5. The van der Waals surface area contributed by atoms with Crippen molar-refractivity contribution in [3.63, 3.8) is 0 Å². The molecule has 1 rings (SSSR count). The Hall–Kier alpha value is -0.610. The molecule has 1 N–H and O–H groups in total. The van der Waals surface area contributed by atoms with Crippen molar-refractivity contribution >= 4 is 5.97 Å². The van der Waals surface area contributed by atoms with Crippen LogP contribution in [0.2, 0.25) is 0 Å². The molecule has 0 aromatic rings. The van der Waals surface area contributed by atoms with Crippen LogP contribution < -0.4 is 0 Å². The minimum atomic E-state index is -0.0698. The normalized spacial score (nSPS) is 29.4. The van der Waals surface area contributed by atoms with Gasteiger partial charge in [0.15, 0.2) is 0 Å². The number of methoxy groups -OCH3 is 1. The van der Waals surface area contributed by atoms with E-state index in [-0.39, 0.29) is 30.7 Å². The van der Waals surface area contributed by atoms with Crippen LogP contribution in [0.1, 0.15) is 47.0 Å². The van der Waals surface area contributed by atoms with E-state index in [1.165, 1.54) is 0 Å². The lowest BCUT2D eigenvalue weighted by atomic mass is 9.80. The number of aliphatic hydroxyl groups is 1. The third kappa shape index (κ3) is 4.45. The van der Waals surface area contributed by atoms with Crippen LogP contribution in [0.15, 0.2) is 0 Å². The molecule has 0 aromatic carbocycles. The van der Waals surface area contributed by atoms with E-state index in [4.69, 9.17) is 9.47 Å². The largest absolute Gasteiger partial charge is 0.462 e. The van der Waals surface area contributed by atoms with Gasteiger partial charge < -0.3 is 14.6 Å². The summed E-state index contributed by atoms with van der Waals surface area (Å²) in [7, 11) is 1.70. The van der Waals surface area contributed by atoms with E-state index in [2.05, 4.69) is 20.8 Å². The van der Waals surface area contributed by atoms with Gasteiger partial charge in [-0.15, -0.1) is 0 Å². The van der Waals surface area contributed by atoms with Gasteiger partial charge in [0.1, 0.15) is 6.10 Å². The number of hydrogen-bond donors (Lipinski definition) is 1. The molecule has 4 heteroatoms. The number of carbonyl (C=O) groups excluding carboxylic acids is 1. The minimum absolute atomic E-state index is 0.0145. The van der Waals surface area contributed by atoms with Gasteiger partial charge in [0.2, 0.25) is 0 Å². The van der Waals surface area contributed by atoms with E-state index in [0.717, 1.165) is 12.8 Å². The van der Waals surface area contributed by atoms with Gasteiger partial charge in [-0.2, -0.15) is 0 Å². The fourth-order valence-electron chi connectivity index (χ4n) is 3.50. The Bertz CT molecular complexity index is 305. The highest BCUT2D eigenvalue weighted by Crippen LogP contribution is 2.32. The average Bonchev–Trinajstić information content (AvgIpc) is 2.41. The number of hydrogen-bond acceptors (Lipinski definition) is 4. The van der Waals surface area contributed by atoms with E-state index >= 15 is 0 Å². The molecule has 0 amide bonds. The lowest BCUT2D eigenvalue weighted by Gasteiger charge is -2.36. The van der Waals surface area contributed by atoms with Crippen LogP contribution in [-0.4, -0.2) is 37.0 Å². The molecule has 6 atom stereocenters. The molecule has 0 bridgehead atoms. The molecule has 0 aliphatic carbocycles. The van der Waals surface area contributed by atoms with E-state index in [1.54, 1.807) is 7.11 Å². The number of rotatable bonds is 7. The van der Waals surface area contributed by atoms with Gasteiger partial charge in [0, 0.05) is 26.1 Å². The number of ether oxygens (including phenoxy) is 2. The SMILES string of the molecule is CO[C@@H]([C@@H](C)CO)[C@@H](C)C[C@H](C)[C@H]1OC(=O)CC[C@H]1C. The van der Waals surface area contributed by atoms with Crippen LogP contribution in [0.4, 0.5) is 0 Å². The van der Waals surface area contributed by atoms with Crippen molar-refractivity contribution < 1.29 is 19.4 Å². The van der Waals surface area contributed by atoms with Crippen LogP contribution in [0.5, 0.6) is 0 Å². The highest BCUT2D eigenvalue weighted by atomic mass is 16.5. The van der Waals surface area contributed by atoms with E-state index in [1.807, 2.05) is 6.92 Å². The van der Waals surface area contributed by atoms with Gasteiger partial charge >= 0.3 is 5.97 Å². The molecule has 4 nitrogen and oxygen atoms in total. The van der Waals surface area contributed by atoms with Crippen LogP contribution in [0, 0.1) is 23.7 Å². The Morgan fingerprint density at radius 1 is 1.35 bits per heavy atom. The highest BCUT2D eigenvalue weighted by Gasteiger charge is 2.34. The number of aliphatic hydroxyl groups excluding tert-OH is 1. The summed E-state index contributed by atoms with van der Waals surface area (Å²) in [6.07, 6.45) is 2.45. The smallest absolute Gasteiger partial charge is 0.306 e. The van der Waals surface area contributed by atoms with Gasteiger partial charge in [-0.3, -0.25) is 4.79 Å². The van der Waals surface area contributed by atoms with Gasteiger partial charge in [-0.1, -0.05) is 27.7 Å². The van der Waals surface area contributed by atoms with E-state index in [9.17, 15) is 9.90 Å². The monoisotopic (exact) mass is 286 g/mol. The molecule has 1 heterocycles. The van der Waals surface area contributed by atoms with Crippen molar-refractivity contribution in [2.75, 3.05) is 13.7 Å². The van der Waals surface area contributed by atoms with Crippen molar-refractivity contribution in [1.29, 1.82) is 0 Å². The summed E-state index contributed by atoms with van der Waals surface area (Å²) >= 11 is 0. The van der Waals surface area contributed by atoms with Crippen molar-refractivity contribution in [2.24, 2.45) is 23.7 Å². The second-order valence-corrected chi connectivity index (χ2v) is 6.52. The topological polar surface area (TPSA) is 55.8 Å². The third-order valence-corrected chi connectivity index (χ3v) is 4.62. The first-order valence-electron chi connectivity index (χ1n) is 7.73. The van der Waals surface area contributed by atoms with Crippen molar-refractivity contribution in [3.05, 3.63) is 0 Å². The zero-order chi connectivity index (χ0) is 15.3. The highest BCUT2D eigenvalue weighted by molar-refractivity contribution is 5.70. The Balaban J connectivity index is 2.59. The maximum Gasteiger partial charge on any atom is 0.306 e. The molecule has 0 unspecified atom stereocenters. The van der Waals surface area contributed by atoms with Crippen LogP contribution >= 0.6 is 0 Å². The van der Waals surface area contributed by atoms with Gasteiger partial charge in [-0.25, -0.2) is 0 Å². The predicted octanol–water partition coefficient (Wildman–Crippen LogP) is 2.63. The Morgan fingerprint density at radius 2 is 2.00 bits per heavy atom. The van der Waals surface area contributed by atoms with Crippen LogP contribution in [-0.2, 0) is 14.3 Å². The zero-order valence-corrected chi connectivity index (χ0v) is 13.5. The number of carbonyl (C=O) groups is 1. The molecule has 0 aromatic heterocycles. The molecule has 1 aliphatic heterocycles. The molecule has 1 fully saturated rings. The van der Waals surface area contributed by atoms with Gasteiger partial charge in [0.25, 0.3) is 0 Å². The average molecular weight is 286 g/mol. The fourth-order valence-corrected chi connectivity index (χ4v) is 3.50. The summed E-state index contributed by atoms with van der Waals surface area (Å²) in [5.74, 6) is 1.11. The first-order chi connectivity index (χ1) is 9.40. The van der Waals surface area contributed by atoms with E-state index < -0.39 is 0 Å². The summed E-state index contributed by atoms with van der Waals surface area (Å²) in [6, 6.07) is 0. The second-order valence-electron chi connectivity index (χ2n) is 6.52. The summed E-state index contributed by atoms with van der Waals surface area (Å²) in [5.41, 5.74) is 0. The summed E-state index contributed by atoms with van der Waals surface area (Å²) in [5, 5.41) is 9.30. The maximum atomic E-state index is 11.5. The summed E-state index contributed by atoms with van der Waals surface area (Å²) < 4.78 is 11.1. The first kappa shape index (κ1) is 17.4. The van der Waals surface area contributed by atoms with Crippen molar-refractivity contribution in [3.8, 4) is 0 Å².